The van der Waals surface area contributed by atoms with Crippen LogP contribution in [0.5, 0.6) is 0 Å². The Bertz CT molecular complexity index is 1070. The van der Waals surface area contributed by atoms with Crippen molar-refractivity contribution in [3.05, 3.63) is 56.5 Å². The molecule has 1 N–H and O–H groups in total. The van der Waals surface area contributed by atoms with Gasteiger partial charge in [-0.3, -0.25) is 0 Å². The average Bonchev–Trinajstić information content (AvgIpc) is 2.93. The van der Waals surface area contributed by atoms with Gasteiger partial charge in [0.1, 0.15) is 0 Å². The predicted molar refractivity (Wildman–Crippen MR) is 155 cm³/mol. The van der Waals surface area contributed by atoms with Crippen LogP contribution in [0.1, 0.15) is 34.6 Å². The molecule has 0 atom stereocenters. The first kappa shape index (κ1) is 29.4. The Morgan fingerprint density at radius 3 is 1.54 bits per heavy atom. The quantitative estimate of drug-likeness (QED) is 0.457. The number of esters is 1. The van der Waals surface area contributed by atoms with Crippen LogP contribution in [0.4, 0.5) is 11.4 Å². The zero-order valence-corrected chi connectivity index (χ0v) is 24.9. The normalized spacial score (nSPS) is 16.7. The number of anilines is 2. The molecule has 0 saturated carbocycles. The molecule has 2 aliphatic rings. The van der Waals surface area contributed by atoms with E-state index in [0.29, 0.717) is 11.1 Å². The highest BCUT2D eigenvalue weighted by atomic mass is 79.9. The van der Waals surface area contributed by atoms with E-state index in [-0.39, 0.29) is 5.97 Å². The Morgan fingerprint density at radius 2 is 1.16 bits per heavy atom. The number of piperazine rings is 2. The van der Waals surface area contributed by atoms with E-state index in [2.05, 4.69) is 65.3 Å². The molecule has 202 valence electrons. The SMILES string of the molecule is CCN1CCN(c2ccc(Br)cc2C(=O)O)CC1.CCN1CCN(c2ccc(Br)cc2C(=O)OC)CC1. The summed E-state index contributed by atoms with van der Waals surface area (Å²) in [5, 5.41) is 9.26. The summed E-state index contributed by atoms with van der Waals surface area (Å²) >= 11 is 6.72. The maximum absolute atomic E-state index is 11.9. The molecule has 0 radical (unpaired) electrons. The highest BCUT2D eigenvalue weighted by Gasteiger charge is 2.22. The van der Waals surface area contributed by atoms with Crippen LogP contribution in [0.2, 0.25) is 0 Å². The Labute approximate surface area is 236 Å². The van der Waals surface area contributed by atoms with Crippen LogP contribution in [-0.2, 0) is 4.74 Å². The predicted octanol–water partition coefficient (Wildman–Crippen LogP) is 4.67. The van der Waals surface area contributed by atoms with Crippen molar-refractivity contribution in [2.75, 3.05) is 82.4 Å². The van der Waals surface area contributed by atoms with Gasteiger partial charge in [-0.25, -0.2) is 9.59 Å². The Morgan fingerprint density at radius 1 is 0.757 bits per heavy atom. The fraction of sp³-hybridized carbons (Fsp3) is 0.481. The molecule has 2 fully saturated rings. The molecule has 0 bridgehead atoms. The van der Waals surface area contributed by atoms with Gasteiger partial charge in [0.05, 0.1) is 29.6 Å². The monoisotopic (exact) mass is 638 g/mol. The minimum absolute atomic E-state index is 0.283. The third-order valence-electron chi connectivity index (χ3n) is 6.87. The van der Waals surface area contributed by atoms with E-state index >= 15 is 0 Å². The maximum Gasteiger partial charge on any atom is 0.340 e. The van der Waals surface area contributed by atoms with Gasteiger partial charge >= 0.3 is 11.9 Å². The summed E-state index contributed by atoms with van der Waals surface area (Å²) in [6.07, 6.45) is 0. The lowest BCUT2D eigenvalue weighted by Crippen LogP contribution is -2.46. The smallest absolute Gasteiger partial charge is 0.340 e. The van der Waals surface area contributed by atoms with E-state index in [1.54, 1.807) is 6.07 Å². The highest BCUT2D eigenvalue weighted by molar-refractivity contribution is 9.10. The minimum atomic E-state index is -0.871. The molecule has 0 aliphatic carbocycles. The molecule has 2 heterocycles. The first-order valence-electron chi connectivity index (χ1n) is 12.6. The van der Waals surface area contributed by atoms with E-state index in [1.165, 1.54) is 7.11 Å². The number of hydrogen-bond acceptors (Lipinski definition) is 7. The van der Waals surface area contributed by atoms with Gasteiger partial charge in [-0.2, -0.15) is 0 Å². The minimum Gasteiger partial charge on any atom is -0.478 e. The van der Waals surface area contributed by atoms with Gasteiger partial charge < -0.3 is 29.4 Å². The van der Waals surface area contributed by atoms with E-state index in [0.717, 1.165) is 85.8 Å². The van der Waals surface area contributed by atoms with Crippen LogP contribution in [0.25, 0.3) is 0 Å². The van der Waals surface area contributed by atoms with E-state index in [9.17, 15) is 14.7 Å². The molecule has 2 saturated heterocycles. The topological polar surface area (TPSA) is 76.6 Å². The number of hydrogen-bond donors (Lipinski definition) is 1. The number of nitrogens with zero attached hydrogens (tertiary/aromatic N) is 4. The third kappa shape index (κ3) is 7.92. The van der Waals surface area contributed by atoms with Crippen LogP contribution in [0.3, 0.4) is 0 Å². The van der Waals surface area contributed by atoms with Crippen molar-refractivity contribution in [3.63, 3.8) is 0 Å². The number of carboxylic acid groups (broad SMARTS) is 1. The molecule has 10 heteroatoms. The maximum atomic E-state index is 11.9. The summed E-state index contributed by atoms with van der Waals surface area (Å²) in [5.41, 5.74) is 2.78. The molecule has 0 amide bonds. The molecule has 37 heavy (non-hydrogen) atoms. The third-order valence-corrected chi connectivity index (χ3v) is 7.86. The number of ether oxygens (including phenoxy) is 1. The van der Waals surface area contributed by atoms with E-state index < -0.39 is 5.97 Å². The van der Waals surface area contributed by atoms with Crippen molar-refractivity contribution in [3.8, 4) is 0 Å². The molecule has 0 aromatic heterocycles. The number of aromatic carboxylic acids is 1. The summed E-state index contributed by atoms with van der Waals surface area (Å²) in [6.45, 7) is 14.2. The van der Waals surface area contributed by atoms with Crippen LogP contribution in [-0.4, -0.2) is 99.4 Å². The largest absolute Gasteiger partial charge is 0.478 e. The number of rotatable bonds is 6. The zero-order chi connectivity index (χ0) is 26.9. The summed E-state index contributed by atoms with van der Waals surface area (Å²) in [4.78, 5) is 32.3. The second-order valence-corrected chi connectivity index (χ2v) is 10.8. The van der Waals surface area contributed by atoms with Crippen LogP contribution >= 0.6 is 31.9 Å². The number of likely N-dealkylation sites (N-methyl/N-ethyl adjacent to an activating group) is 2. The summed E-state index contributed by atoms with van der Waals surface area (Å²) in [5.74, 6) is -1.15. The summed E-state index contributed by atoms with van der Waals surface area (Å²) in [6, 6.07) is 11.2. The molecule has 2 aromatic carbocycles. The lowest BCUT2D eigenvalue weighted by atomic mass is 10.1. The number of halogens is 2. The molecule has 0 unspecified atom stereocenters. The fourth-order valence-corrected chi connectivity index (χ4v) is 5.34. The van der Waals surface area contributed by atoms with Gasteiger partial charge in [-0.05, 0) is 49.5 Å². The molecular weight excluding hydrogens is 604 g/mol. The van der Waals surface area contributed by atoms with Crippen LogP contribution in [0, 0.1) is 0 Å². The van der Waals surface area contributed by atoms with Crippen molar-refractivity contribution in [2.24, 2.45) is 0 Å². The van der Waals surface area contributed by atoms with Crippen molar-refractivity contribution < 1.29 is 19.4 Å². The number of carboxylic acids is 1. The van der Waals surface area contributed by atoms with Gasteiger partial charge in [0.15, 0.2) is 0 Å². The first-order chi connectivity index (χ1) is 17.8. The Hall–Kier alpha value is -2.14. The molecule has 0 spiro atoms. The Balaban J connectivity index is 0.000000206. The van der Waals surface area contributed by atoms with E-state index in [1.807, 2.05) is 30.3 Å². The summed E-state index contributed by atoms with van der Waals surface area (Å²) < 4.78 is 6.56. The van der Waals surface area contributed by atoms with Crippen LogP contribution in [0.15, 0.2) is 45.3 Å². The number of benzene rings is 2. The average molecular weight is 640 g/mol. The second kappa shape index (κ2) is 14.1. The van der Waals surface area contributed by atoms with E-state index in [4.69, 9.17) is 4.74 Å². The van der Waals surface area contributed by atoms with Crippen molar-refractivity contribution >= 4 is 55.2 Å². The zero-order valence-electron chi connectivity index (χ0n) is 21.8. The highest BCUT2D eigenvalue weighted by Crippen LogP contribution is 2.27. The second-order valence-electron chi connectivity index (χ2n) is 8.96. The Kier molecular flexibility index (Phi) is 11.2. The van der Waals surface area contributed by atoms with Crippen LogP contribution < -0.4 is 9.80 Å². The van der Waals surface area contributed by atoms with Crippen molar-refractivity contribution in [1.29, 1.82) is 0 Å². The summed E-state index contributed by atoms with van der Waals surface area (Å²) in [7, 11) is 1.42. The molecule has 4 rings (SSSR count). The number of carbonyl (C=O) groups is 2. The van der Waals surface area contributed by atoms with Gasteiger partial charge in [0.25, 0.3) is 0 Å². The molecule has 2 aromatic rings. The number of methoxy groups -OCH3 is 1. The fourth-order valence-electron chi connectivity index (χ4n) is 4.62. The molecule has 2 aliphatic heterocycles. The molecule has 8 nitrogen and oxygen atoms in total. The van der Waals surface area contributed by atoms with Crippen molar-refractivity contribution in [1.82, 2.24) is 9.80 Å². The van der Waals surface area contributed by atoms with Gasteiger partial charge in [0, 0.05) is 61.3 Å². The number of carbonyl (C=O) groups excluding carboxylic acids is 1. The standard InChI is InChI=1S/C14H19BrN2O2.C13H17BrN2O2/c1-3-16-6-8-17(9-7-16)13-5-4-11(15)10-12(13)14(18)19-2;1-2-15-5-7-16(8-6-15)12-4-3-10(14)9-11(12)13(17)18/h4-5,10H,3,6-9H2,1-2H3;3-4,9H,2,5-8H2,1H3,(H,17,18). The van der Waals surface area contributed by atoms with Gasteiger partial charge in [-0.15, -0.1) is 0 Å². The first-order valence-corrected chi connectivity index (χ1v) is 14.2. The van der Waals surface area contributed by atoms with Gasteiger partial charge in [0.2, 0.25) is 0 Å². The lowest BCUT2D eigenvalue weighted by Gasteiger charge is -2.36. The molecular formula is C27H36Br2N4O4. The lowest BCUT2D eigenvalue weighted by molar-refractivity contribution is 0.0600. The van der Waals surface area contributed by atoms with Gasteiger partial charge in [-0.1, -0.05) is 45.7 Å². The van der Waals surface area contributed by atoms with Crippen molar-refractivity contribution in [2.45, 2.75) is 13.8 Å².